The van der Waals surface area contributed by atoms with Crippen molar-refractivity contribution in [1.29, 1.82) is 5.26 Å². The second kappa shape index (κ2) is 5.48. The lowest BCUT2D eigenvalue weighted by molar-refractivity contribution is 0.531. The van der Waals surface area contributed by atoms with Gasteiger partial charge in [0.15, 0.2) is 0 Å². The van der Waals surface area contributed by atoms with Gasteiger partial charge >= 0.3 is 0 Å². The molecule has 1 aromatic carbocycles. The smallest absolute Gasteiger partial charge is 0.0995 e. The first kappa shape index (κ1) is 12.9. The fourth-order valence-corrected chi connectivity index (χ4v) is 3.02. The molecule has 3 rings (SSSR count). The molecule has 4 nitrogen and oxygen atoms in total. The molecule has 1 unspecified atom stereocenters. The molecule has 0 aliphatic heterocycles. The number of nitriles is 1. The molecule has 0 bridgehead atoms. The number of hydrogen-bond acceptors (Lipinski definition) is 3. The number of rotatable bonds is 3. The Balaban J connectivity index is 1.93. The van der Waals surface area contributed by atoms with Crippen LogP contribution in [0.3, 0.4) is 0 Å². The lowest BCUT2D eigenvalue weighted by Gasteiger charge is -2.21. The fraction of sp³-hybridized carbons (Fsp3) is 0.375. The maximum Gasteiger partial charge on any atom is 0.0995 e. The third-order valence-corrected chi connectivity index (χ3v) is 4.13. The normalized spacial score (nSPS) is 17.5. The number of aromatic nitrogens is 2. The van der Waals surface area contributed by atoms with Crippen LogP contribution in [0, 0.1) is 11.3 Å². The van der Waals surface area contributed by atoms with Crippen LogP contribution in [-0.2, 0) is 13.0 Å². The molecule has 20 heavy (non-hydrogen) atoms. The molecule has 0 amide bonds. The van der Waals surface area contributed by atoms with Gasteiger partial charge in [-0.15, -0.1) is 0 Å². The molecule has 1 heterocycles. The summed E-state index contributed by atoms with van der Waals surface area (Å²) >= 11 is 0. The van der Waals surface area contributed by atoms with Crippen molar-refractivity contribution in [3.8, 4) is 6.07 Å². The van der Waals surface area contributed by atoms with Crippen LogP contribution in [0.2, 0.25) is 0 Å². The topological polar surface area (TPSA) is 67.6 Å². The molecular formula is C16H18N4. The Morgan fingerprint density at radius 1 is 1.40 bits per heavy atom. The van der Waals surface area contributed by atoms with Crippen LogP contribution in [0.4, 0.5) is 0 Å². The van der Waals surface area contributed by atoms with E-state index >= 15 is 0 Å². The quantitative estimate of drug-likeness (QED) is 0.925. The third kappa shape index (κ3) is 2.21. The van der Waals surface area contributed by atoms with E-state index < -0.39 is 0 Å². The third-order valence-electron chi connectivity index (χ3n) is 4.13. The van der Waals surface area contributed by atoms with Gasteiger partial charge in [0.2, 0.25) is 0 Å². The minimum absolute atomic E-state index is 0.443. The lowest BCUT2D eigenvalue weighted by Crippen LogP contribution is -2.19. The summed E-state index contributed by atoms with van der Waals surface area (Å²) in [7, 11) is 0. The molecule has 1 atom stereocenters. The first-order chi connectivity index (χ1) is 9.83. The van der Waals surface area contributed by atoms with Gasteiger partial charge in [0.25, 0.3) is 0 Å². The average Bonchev–Trinajstić information content (AvgIpc) is 2.91. The Bertz CT molecular complexity index is 651. The Morgan fingerprint density at radius 3 is 3.05 bits per heavy atom. The molecule has 1 aliphatic carbocycles. The SMILES string of the molecule is N#Cc1ccccc1Cn1ncc2c1CCCC2CN. The molecule has 0 radical (unpaired) electrons. The van der Waals surface area contributed by atoms with Crippen molar-refractivity contribution < 1.29 is 0 Å². The summed E-state index contributed by atoms with van der Waals surface area (Å²) in [5.74, 6) is 0.443. The summed E-state index contributed by atoms with van der Waals surface area (Å²) in [6.07, 6.45) is 5.34. The highest BCUT2D eigenvalue weighted by Crippen LogP contribution is 2.31. The van der Waals surface area contributed by atoms with Crippen LogP contribution in [0.15, 0.2) is 30.5 Å². The largest absolute Gasteiger partial charge is 0.330 e. The van der Waals surface area contributed by atoms with Gasteiger partial charge < -0.3 is 5.73 Å². The first-order valence-corrected chi connectivity index (χ1v) is 7.06. The van der Waals surface area contributed by atoms with Gasteiger partial charge in [0.05, 0.1) is 24.4 Å². The lowest BCUT2D eigenvalue weighted by atomic mass is 9.87. The Kier molecular flexibility index (Phi) is 3.53. The standard InChI is InChI=1S/C16H18N4/c17-8-12-4-1-2-5-14(12)11-20-16-7-3-6-13(9-18)15(16)10-19-20/h1-2,4-5,10,13H,3,6-7,9,11,18H2. The number of hydrogen-bond donors (Lipinski definition) is 1. The van der Waals surface area contributed by atoms with E-state index in [1.54, 1.807) is 0 Å². The summed E-state index contributed by atoms with van der Waals surface area (Å²) < 4.78 is 2.04. The van der Waals surface area contributed by atoms with E-state index in [2.05, 4.69) is 11.2 Å². The summed E-state index contributed by atoms with van der Waals surface area (Å²) in [5.41, 5.74) is 10.2. The van der Waals surface area contributed by atoms with Crippen LogP contribution in [-0.4, -0.2) is 16.3 Å². The maximum atomic E-state index is 9.17. The summed E-state index contributed by atoms with van der Waals surface area (Å²) in [6, 6.07) is 9.96. The number of nitrogens with two attached hydrogens (primary N) is 1. The second-order valence-electron chi connectivity index (χ2n) is 5.30. The predicted octanol–water partition coefficient (Wildman–Crippen LogP) is 2.18. The van der Waals surface area contributed by atoms with Crippen molar-refractivity contribution in [3.05, 3.63) is 52.8 Å². The molecule has 2 aromatic rings. The van der Waals surface area contributed by atoms with Crippen molar-refractivity contribution in [3.63, 3.8) is 0 Å². The van der Waals surface area contributed by atoms with Crippen molar-refractivity contribution >= 4 is 0 Å². The molecule has 0 fully saturated rings. The van der Waals surface area contributed by atoms with Gasteiger partial charge in [-0.1, -0.05) is 18.2 Å². The average molecular weight is 266 g/mol. The van der Waals surface area contributed by atoms with E-state index in [1.165, 1.54) is 17.7 Å². The van der Waals surface area contributed by atoms with Gasteiger partial charge in [-0.3, -0.25) is 4.68 Å². The van der Waals surface area contributed by atoms with E-state index in [4.69, 9.17) is 11.0 Å². The van der Waals surface area contributed by atoms with Gasteiger partial charge in [0.1, 0.15) is 0 Å². The van der Waals surface area contributed by atoms with Crippen LogP contribution < -0.4 is 5.73 Å². The highest BCUT2D eigenvalue weighted by Gasteiger charge is 2.23. The van der Waals surface area contributed by atoms with Gasteiger partial charge in [-0.05, 0) is 48.9 Å². The molecule has 4 heteroatoms. The van der Waals surface area contributed by atoms with Gasteiger partial charge in [-0.25, -0.2) is 0 Å². The van der Waals surface area contributed by atoms with E-state index in [1.807, 2.05) is 35.1 Å². The van der Waals surface area contributed by atoms with Gasteiger partial charge in [-0.2, -0.15) is 10.4 Å². The highest BCUT2D eigenvalue weighted by atomic mass is 15.3. The summed E-state index contributed by atoms with van der Waals surface area (Å²) in [4.78, 5) is 0. The minimum atomic E-state index is 0.443. The second-order valence-corrected chi connectivity index (χ2v) is 5.30. The van der Waals surface area contributed by atoms with Crippen LogP contribution >= 0.6 is 0 Å². The van der Waals surface area contributed by atoms with Crippen molar-refractivity contribution in [2.45, 2.75) is 31.7 Å². The summed E-state index contributed by atoms with van der Waals surface area (Å²) in [5, 5.41) is 13.7. The number of benzene rings is 1. The molecule has 1 aliphatic rings. The monoisotopic (exact) mass is 266 g/mol. The Hall–Kier alpha value is -2.12. The van der Waals surface area contributed by atoms with Crippen molar-refractivity contribution in [2.24, 2.45) is 5.73 Å². The van der Waals surface area contributed by atoms with E-state index in [-0.39, 0.29) is 0 Å². The van der Waals surface area contributed by atoms with E-state index in [9.17, 15) is 0 Å². The number of nitrogens with zero attached hydrogens (tertiary/aromatic N) is 3. The molecule has 0 spiro atoms. The molecule has 0 saturated carbocycles. The molecule has 0 saturated heterocycles. The van der Waals surface area contributed by atoms with Crippen LogP contribution in [0.1, 0.15) is 41.1 Å². The van der Waals surface area contributed by atoms with Crippen molar-refractivity contribution in [2.75, 3.05) is 6.54 Å². The molecule has 102 valence electrons. The van der Waals surface area contributed by atoms with Crippen molar-refractivity contribution in [1.82, 2.24) is 9.78 Å². The Labute approximate surface area is 118 Å². The fourth-order valence-electron chi connectivity index (χ4n) is 3.02. The Morgan fingerprint density at radius 2 is 2.25 bits per heavy atom. The van der Waals surface area contributed by atoms with E-state index in [0.29, 0.717) is 19.0 Å². The highest BCUT2D eigenvalue weighted by molar-refractivity contribution is 5.38. The molecule has 2 N–H and O–H groups in total. The number of fused-ring (bicyclic) bond motifs is 1. The predicted molar refractivity (Wildman–Crippen MR) is 77.2 cm³/mol. The van der Waals surface area contributed by atoms with E-state index in [0.717, 1.165) is 24.0 Å². The zero-order valence-electron chi connectivity index (χ0n) is 11.4. The maximum absolute atomic E-state index is 9.17. The first-order valence-electron chi connectivity index (χ1n) is 7.06. The zero-order chi connectivity index (χ0) is 13.9. The van der Waals surface area contributed by atoms with Gasteiger partial charge in [0, 0.05) is 5.69 Å². The minimum Gasteiger partial charge on any atom is -0.330 e. The van der Waals surface area contributed by atoms with Crippen LogP contribution in [0.5, 0.6) is 0 Å². The zero-order valence-corrected chi connectivity index (χ0v) is 11.4. The van der Waals surface area contributed by atoms with Crippen LogP contribution in [0.25, 0.3) is 0 Å². The molecular weight excluding hydrogens is 248 g/mol. The molecule has 1 aromatic heterocycles. The summed E-state index contributed by atoms with van der Waals surface area (Å²) in [6.45, 7) is 1.35.